The van der Waals surface area contributed by atoms with Gasteiger partial charge in [-0.3, -0.25) is 0 Å². The van der Waals surface area contributed by atoms with Gasteiger partial charge in [-0.15, -0.1) is 11.6 Å². The van der Waals surface area contributed by atoms with E-state index in [1.807, 2.05) is 0 Å². The van der Waals surface area contributed by atoms with Gasteiger partial charge in [0.1, 0.15) is 0 Å². The molecule has 0 unspecified atom stereocenters. The molecule has 2 heterocycles. The first-order valence-electron chi connectivity index (χ1n) is 6.51. The van der Waals surface area contributed by atoms with E-state index in [1.54, 1.807) is 4.31 Å². The first-order valence-corrected chi connectivity index (χ1v) is 8.48. The van der Waals surface area contributed by atoms with Crippen molar-refractivity contribution in [3.8, 4) is 0 Å². The highest BCUT2D eigenvalue weighted by Crippen LogP contribution is 2.24. The Labute approximate surface area is 114 Å². The molecule has 2 aliphatic rings. The maximum Gasteiger partial charge on any atom is 0.279 e. The number of alkyl halides is 1. The van der Waals surface area contributed by atoms with Crippen LogP contribution in [-0.2, 0) is 14.9 Å². The second-order valence-corrected chi connectivity index (χ2v) is 7.03. The minimum atomic E-state index is -3.41. The van der Waals surface area contributed by atoms with Crippen LogP contribution in [0.1, 0.15) is 32.1 Å². The summed E-state index contributed by atoms with van der Waals surface area (Å²) in [5, 5.41) is 0. The number of piperidine rings is 1. The molecule has 0 radical (unpaired) electrons. The number of ether oxygens (including phenoxy) is 1. The molecular weight excluding hydrogens is 276 g/mol. The molecule has 0 aliphatic carbocycles. The van der Waals surface area contributed by atoms with Crippen molar-refractivity contribution in [2.45, 2.75) is 37.6 Å². The van der Waals surface area contributed by atoms with Gasteiger partial charge in [-0.2, -0.15) is 17.4 Å². The number of halogens is 1. The van der Waals surface area contributed by atoms with E-state index in [4.69, 9.17) is 16.3 Å². The molecule has 2 aliphatic heterocycles. The lowest BCUT2D eigenvalue weighted by Gasteiger charge is -2.38. The van der Waals surface area contributed by atoms with Crippen molar-refractivity contribution in [1.82, 2.24) is 9.03 Å². The number of nitrogens with one attached hydrogen (secondary N) is 1. The molecule has 0 aromatic heterocycles. The second-order valence-electron chi connectivity index (χ2n) is 5.09. The molecule has 0 aromatic rings. The largest absolute Gasteiger partial charge is 0.381 e. The predicted molar refractivity (Wildman–Crippen MR) is 71.0 cm³/mol. The van der Waals surface area contributed by atoms with E-state index in [2.05, 4.69) is 4.72 Å². The average Bonchev–Trinajstić information content (AvgIpc) is 2.40. The van der Waals surface area contributed by atoms with Gasteiger partial charge >= 0.3 is 0 Å². The highest BCUT2D eigenvalue weighted by Gasteiger charge is 2.38. The molecule has 5 nitrogen and oxygen atoms in total. The highest BCUT2D eigenvalue weighted by molar-refractivity contribution is 7.87. The van der Waals surface area contributed by atoms with E-state index in [1.165, 1.54) is 0 Å². The lowest BCUT2D eigenvalue weighted by atomic mass is 9.94. The van der Waals surface area contributed by atoms with Crippen molar-refractivity contribution in [1.29, 1.82) is 0 Å². The minimum Gasteiger partial charge on any atom is -0.381 e. The summed E-state index contributed by atoms with van der Waals surface area (Å²) < 4.78 is 34.3. The Bertz CT molecular complexity index is 362. The normalized spacial score (nSPS) is 26.1. The topological polar surface area (TPSA) is 58.6 Å². The lowest BCUT2D eigenvalue weighted by molar-refractivity contribution is 0.0542. The fraction of sp³-hybridized carbons (Fsp3) is 1.00. The molecular formula is C11H21ClN2O3S. The molecule has 18 heavy (non-hydrogen) atoms. The molecule has 1 N–H and O–H groups in total. The summed E-state index contributed by atoms with van der Waals surface area (Å²) >= 11 is 5.98. The maximum absolute atomic E-state index is 12.3. The first kappa shape index (κ1) is 14.5. The fourth-order valence-electron chi connectivity index (χ4n) is 2.47. The molecule has 0 atom stereocenters. The summed E-state index contributed by atoms with van der Waals surface area (Å²) in [6, 6.07) is 0. The Morgan fingerprint density at radius 1 is 1.17 bits per heavy atom. The van der Waals surface area contributed by atoms with Gasteiger partial charge in [-0.1, -0.05) is 6.42 Å². The van der Waals surface area contributed by atoms with Gasteiger partial charge in [-0.05, 0) is 25.7 Å². The van der Waals surface area contributed by atoms with Crippen molar-refractivity contribution in [3.05, 3.63) is 0 Å². The van der Waals surface area contributed by atoms with E-state index in [-0.39, 0.29) is 0 Å². The van der Waals surface area contributed by atoms with Crippen molar-refractivity contribution in [2.24, 2.45) is 0 Å². The molecule has 2 rings (SSSR count). The van der Waals surface area contributed by atoms with Crippen LogP contribution < -0.4 is 4.72 Å². The van der Waals surface area contributed by atoms with Gasteiger partial charge in [0.2, 0.25) is 0 Å². The summed E-state index contributed by atoms with van der Waals surface area (Å²) in [5.41, 5.74) is -0.532. The van der Waals surface area contributed by atoms with Gasteiger partial charge in [-0.25, -0.2) is 0 Å². The first-order chi connectivity index (χ1) is 8.58. The number of rotatable bonds is 4. The Kier molecular flexibility index (Phi) is 4.88. The minimum absolute atomic E-state index is 0.295. The lowest BCUT2D eigenvalue weighted by Crippen LogP contribution is -2.57. The van der Waals surface area contributed by atoms with Crippen LogP contribution in [0.15, 0.2) is 0 Å². The third kappa shape index (κ3) is 3.36. The van der Waals surface area contributed by atoms with E-state index >= 15 is 0 Å². The number of hydrogen-bond donors (Lipinski definition) is 1. The number of nitrogens with zero attached hydrogens (tertiary/aromatic N) is 1. The van der Waals surface area contributed by atoms with Gasteiger partial charge in [0.25, 0.3) is 10.2 Å². The Hall–Kier alpha value is 0.120. The summed E-state index contributed by atoms with van der Waals surface area (Å²) in [4.78, 5) is 0. The van der Waals surface area contributed by atoms with Crippen LogP contribution in [0.3, 0.4) is 0 Å². The van der Waals surface area contributed by atoms with Crippen molar-refractivity contribution in [2.75, 3.05) is 32.2 Å². The van der Waals surface area contributed by atoms with Crippen LogP contribution in [-0.4, -0.2) is 50.4 Å². The van der Waals surface area contributed by atoms with E-state index < -0.39 is 15.7 Å². The third-order valence-corrected chi connectivity index (χ3v) is 5.95. The van der Waals surface area contributed by atoms with E-state index in [0.29, 0.717) is 45.0 Å². The van der Waals surface area contributed by atoms with Crippen molar-refractivity contribution >= 4 is 21.8 Å². The molecule has 0 saturated carbocycles. The van der Waals surface area contributed by atoms with Crippen LogP contribution >= 0.6 is 11.6 Å². The zero-order valence-electron chi connectivity index (χ0n) is 10.5. The van der Waals surface area contributed by atoms with Crippen LogP contribution in [0, 0.1) is 0 Å². The van der Waals surface area contributed by atoms with Gasteiger partial charge in [0.15, 0.2) is 0 Å². The van der Waals surface area contributed by atoms with Crippen LogP contribution in [0.5, 0.6) is 0 Å². The standard InChI is InChI=1S/C11H21ClN2O3S/c12-10-11(4-8-17-9-5-11)13-18(15,16)14-6-2-1-3-7-14/h13H,1-10H2. The molecule has 0 aromatic carbocycles. The Morgan fingerprint density at radius 2 is 1.78 bits per heavy atom. The highest BCUT2D eigenvalue weighted by atomic mass is 35.5. The predicted octanol–water partition coefficient (Wildman–Crippen LogP) is 1.09. The van der Waals surface area contributed by atoms with E-state index in [9.17, 15) is 8.42 Å². The molecule has 0 bridgehead atoms. The van der Waals surface area contributed by atoms with Crippen LogP contribution in [0.4, 0.5) is 0 Å². The molecule has 2 fully saturated rings. The van der Waals surface area contributed by atoms with Crippen LogP contribution in [0.2, 0.25) is 0 Å². The zero-order valence-corrected chi connectivity index (χ0v) is 12.1. The summed E-state index contributed by atoms with van der Waals surface area (Å²) in [7, 11) is -3.41. The third-order valence-electron chi connectivity index (χ3n) is 3.71. The number of hydrogen-bond acceptors (Lipinski definition) is 3. The van der Waals surface area contributed by atoms with E-state index in [0.717, 1.165) is 19.3 Å². The van der Waals surface area contributed by atoms with Gasteiger partial charge < -0.3 is 4.74 Å². The fourth-order valence-corrected chi connectivity index (χ4v) is 4.57. The Balaban J connectivity index is 2.05. The quantitative estimate of drug-likeness (QED) is 0.790. The summed E-state index contributed by atoms with van der Waals surface area (Å²) in [6.07, 6.45) is 4.28. The van der Waals surface area contributed by atoms with Crippen molar-refractivity contribution in [3.63, 3.8) is 0 Å². The zero-order chi connectivity index (χ0) is 13.1. The average molecular weight is 297 g/mol. The summed E-state index contributed by atoms with van der Waals surface area (Å²) in [5.74, 6) is 0.295. The molecule has 7 heteroatoms. The Morgan fingerprint density at radius 3 is 2.33 bits per heavy atom. The van der Waals surface area contributed by atoms with Crippen molar-refractivity contribution < 1.29 is 13.2 Å². The van der Waals surface area contributed by atoms with Gasteiger partial charge in [0, 0.05) is 32.2 Å². The molecule has 0 amide bonds. The molecule has 2 saturated heterocycles. The molecule has 106 valence electrons. The SMILES string of the molecule is O=S(=O)(NC1(CCl)CCOCC1)N1CCCCC1. The maximum atomic E-state index is 12.3. The summed E-state index contributed by atoms with van der Waals surface area (Å²) in [6.45, 7) is 2.36. The van der Waals surface area contributed by atoms with Crippen LogP contribution in [0.25, 0.3) is 0 Å². The molecule has 0 spiro atoms. The smallest absolute Gasteiger partial charge is 0.279 e. The van der Waals surface area contributed by atoms with Gasteiger partial charge in [0.05, 0.1) is 5.54 Å². The second kappa shape index (κ2) is 6.05. The monoisotopic (exact) mass is 296 g/mol.